The predicted molar refractivity (Wildman–Crippen MR) is 70.3 cm³/mol. The van der Waals surface area contributed by atoms with Gasteiger partial charge in [-0.3, -0.25) is 11.3 Å². The number of hydrogen-bond donors (Lipinski definition) is 2. The second-order valence-corrected chi connectivity index (χ2v) is 4.65. The Hall–Kier alpha value is -1.00. The molecule has 4 heteroatoms. The van der Waals surface area contributed by atoms with Crippen LogP contribution in [0.25, 0.3) is 0 Å². The number of hydrogen-bond acceptors (Lipinski definition) is 4. The molecule has 0 aromatic carbocycles. The molecule has 0 fully saturated rings. The lowest BCUT2D eigenvalue weighted by molar-refractivity contribution is 0.364. The minimum Gasteiger partial charge on any atom is -0.271 e. The van der Waals surface area contributed by atoms with Gasteiger partial charge in [0.1, 0.15) is 0 Å². The Morgan fingerprint density at radius 3 is 2.59 bits per heavy atom. The molecule has 2 unspecified atom stereocenters. The van der Waals surface area contributed by atoms with E-state index in [1.165, 1.54) is 5.56 Å². The van der Waals surface area contributed by atoms with E-state index in [2.05, 4.69) is 42.5 Å². The number of hydrazine groups is 1. The predicted octanol–water partition coefficient (Wildman–Crippen LogP) is 2.29. The molecule has 2 atom stereocenters. The lowest BCUT2D eigenvalue weighted by Gasteiger charge is -2.25. The van der Waals surface area contributed by atoms with Crippen LogP contribution in [0.2, 0.25) is 0 Å². The minimum absolute atomic E-state index is 0.166. The average molecular weight is 236 g/mol. The van der Waals surface area contributed by atoms with E-state index in [1.807, 2.05) is 6.92 Å². The van der Waals surface area contributed by atoms with Crippen molar-refractivity contribution < 1.29 is 0 Å². The first-order valence-corrected chi connectivity index (χ1v) is 6.43. The Labute approximate surface area is 104 Å². The number of nitrogens with two attached hydrogens (primary N) is 1. The van der Waals surface area contributed by atoms with Gasteiger partial charge < -0.3 is 0 Å². The fourth-order valence-corrected chi connectivity index (χ4v) is 2.26. The maximum atomic E-state index is 5.71. The summed E-state index contributed by atoms with van der Waals surface area (Å²) in [7, 11) is 0. The SMILES string of the molecule is CCCC(C)C(NN)c1cc(C)nnc1CC. The van der Waals surface area contributed by atoms with Gasteiger partial charge in [0.05, 0.1) is 17.4 Å². The molecule has 0 aliphatic heterocycles. The van der Waals surface area contributed by atoms with E-state index in [9.17, 15) is 0 Å². The summed E-state index contributed by atoms with van der Waals surface area (Å²) >= 11 is 0. The van der Waals surface area contributed by atoms with E-state index >= 15 is 0 Å². The zero-order valence-electron chi connectivity index (χ0n) is 11.3. The van der Waals surface area contributed by atoms with Crippen molar-refractivity contribution in [2.24, 2.45) is 11.8 Å². The number of rotatable bonds is 6. The Morgan fingerprint density at radius 1 is 1.35 bits per heavy atom. The molecule has 0 saturated carbocycles. The van der Waals surface area contributed by atoms with Crippen molar-refractivity contribution in [1.29, 1.82) is 0 Å². The summed E-state index contributed by atoms with van der Waals surface area (Å²) in [5.74, 6) is 6.21. The molecule has 96 valence electrons. The smallest absolute Gasteiger partial charge is 0.0676 e. The summed E-state index contributed by atoms with van der Waals surface area (Å²) in [5, 5.41) is 8.38. The van der Waals surface area contributed by atoms with Crippen molar-refractivity contribution in [2.45, 2.75) is 53.0 Å². The highest BCUT2D eigenvalue weighted by molar-refractivity contribution is 5.25. The van der Waals surface area contributed by atoms with Gasteiger partial charge in [-0.25, -0.2) is 0 Å². The highest BCUT2D eigenvalue weighted by Crippen LogP contribution is 2.27. The van der Waals surface area contributed by atoms with Gasteiger partial charge >= 0.3 is 0 Å². The van der Waals surface area contributed by atoms with Gasteiger partial charge in [-0.05, 0) is 37.3 Å². The van der Waals surface area contributed by atoms with Gasteiger partial charge in [0.15, 0.2) is 0 Å². The summed E-state index contributed by atoms with van der Waals surface area (Å²) in [6.07, 6.45) is 3.21. The van der Waals surface area contributed by atoms with Crippen molar-refractivity contribution in [1.82, 2.24) is 15.6 Å². The van der Waals surface area contributed by atoms with Gasteiger partial charge in [-0.2, -0.15) is 10.2 Å². The summed E-state index contributed by atoms with van der Waals surface area (Å²) < 4.78 is 0. The average Bonchev–Trinajstić information content (AvgIpc) is 2.31. The number of nitrogens with zero attached hydrogens (tertiary/aromatic N) is 2. The van der Waals surface area contributed by atoms with Crippen LogP contribution in [-0.4, -0.2) is 10.2 Å². The van der Waals surface area contributed by atoms with E-state index in [-0.39, 0.29) is 6.04 Å². The third kappa shape index (κ3) is 3.48. The molecule has 1 heterocycles. The van der Waals surface area contributed by atoms with Crippen LogP contribution < -0.4 is 11.3 Å². The third-order valence-electron chi connectivity index (χ3n) is 3.19. The molecule has 0 bridgehead atoms. The van der Waals surface area contributed by atoms with E-state index < -0.39 is 0 Å². The monoisotopic (exact) mass is 236 g/mol. The van der Waals surface area contributed by atoms with Gasteiger partial charge in [0.25, 0.3) is 0 Å². The number of aryl methyl sites for hydroxylation is 2. The highest BCUT2D eigenvalue weighted by Gasteiger charge is 2.20. The fraction of sp³-hybridized carbons (Fsp3) is 0.692. The van der Waals surface area contributed by atoms with Crippen LogP contribution in [0, 0.1) is 12.8 Å². The molecule has 1 aromatic heterocycles. The topological polar surface area (TPSA) is 63.8 Å². The Kier molecular flexibility index (Phi) is 5.51. The molecule has 0 spiro atoms. The quantitative estimate of drug-likeness (QED) is 0.587. The van der Waals surface area contributed by atoms with Crippen LogP contribution in [0.4, 0.5) is 0 Å². The van der Waals surface area contributed by atoms with E-state index in [0.717, 1.165) is 30.7 Å². The largest absolute Gasteiger partial charge is 0.271 e. The molecule has 0 radical (unpaired) electrons. The van der Waals surface area contributed by atoms with Crippen molar-refractivity contribution in [3.63, 3.8) is 0 Å². The van der Waals surface area contributed by atoms with Crippen LogP contribution in [0.5, 0.6) is 0 Å². The zero-order chi connectivity index (χ0) is 12.8. The van der Waals surface area contributed by atoms with Crippen LogP contribution in [0.3, 0.4) is 0 Å². The Balaban J connectivity index is 3.05. The number of nitrogens with one attached hydrogen (secondary N) is 1. The molecule has 0 aliphatic carbocycles. The molecule has 3 N–H and O–H groups in total. The minimum atomic E-state index is 0.166. The molecular formula is C13H24N4. The Bertz CT molecular complexity index is 351. The summed E-state index contributed by atoms with van der Waals surface area (Å²) in [6.45, 7) is 8.49. The van der Waals surface area contributed by atoms with Crippen LogP contribution in [-0.2, 0) is 6.42 Å². The van der Waals surface area contributed by atoms with Gasteiger partial charge in [0.2, 0.25) is 0 Å². The van der Waals surface area contributed by atoms with E-state index in [4.69, 9.17) is 5.84 Å². The van der Waals surface area contributed by atoms with E-state index in [0.29, 0.717) is 5.92 Å². The normalized spacial score (nSPS) is 14.6. The summed E-state index contributed by atoms with van der Waals surface area (Å²) in [5.41, 5.74) is 6.12. The Morgan fingerprint density at radius 2 is 2.06 bits per heavy atom. The van der Waals surface area contributed by atoms with Gasteiger partial charge in [-0.15, -0.1) is 0 Å². The highest BCUT2D eigenvalue weighted by atomic mass is 15.2. The molecule has 1 aromatic rings. The zero-order valence-corrected chi connectivity index (χ0v) is 11.3. The van der Waals surface area contributed by atoms with Crippen LogP contribution >= 0.6 is 0 Å². The first-order valence-electron chi connectivity index (χ1n) is 6.43. The van der Waals surface area contributed by atoms with E-state index in [1.54, 1.807) is 0 Å². The van der Waals surface area contributed by atoms with Gasteiger partial charge in [-0.1, -0.05) is 27.2 Å². The van der Waals surface area contributed by atoms with Crippen LogP contribution in [0.15, 0.2) is 6.07 Å². The second-order valence-electron chi connectivity index (χ2n) is 4.65. The third-order valence-corrected chi connectivity index (χ3v) is 3.19. The molecule has 0 amide bonds. The van der Waals surface area contributed by atoms with Gasteiger partial charge in [0, 0.05) is 0 Å². The fourth-order valence-electron chi connectivity index (χ4n) is 2.26. The second kappa shape index (κ2) is 6.67. The molecule has 0 saturated heterocycles. The first-order chi connectivity index (χ1) is 8.13. The summed E-state index contributed by atoms with van der Waals surface area (Å²) in [6, 6.07) is 2.27. The molecule has 17 heavy (non-hydrogen) atoms. The maximum Gasteiger partial charge on any atom is 0.0676 e. The first kappa shape index (κ1) is 14.1. The molecule has 4 nitrogen and oxygen atoms in total. The summed E-state index contributed by atoms with van der Waals surface area (Å²) in [4.78, 5) is 0. The van der Waals surface area contributed by atoms with Crippen LogP contribution in [0.1, 0.15) is 56.6 Å². The molecular weight excluding hydrogens is 212 g/mol. The lowest BCUT2D eigenvalue weighted by Crippen LogP contribution is -2.33. The standard InChI is InChI=1S/C13H24N4/c1-5-7-9(3)13(15-14)11-8-10(4)16-17-12(11)6-2/h8-9,13,15H,5-7,14H2,1-4H3. The van der Waals surface area contributed by atoms with Crippen molar-refractivity contribution in [3.05, 3.63) is 23.0 Å². The lowest BCUT2D eigenvalue weighted by atomic mass is 9.90. The maximum absolute atomic E-state index is 5.71. The van der Waals surface area contributed by atoms with Crippen molar-refractivity contribution in [2.75, 3.05) is 0 Å². The number of aromatic nitrogens is 2. The van der Waals surface area contributed by atoms with Crippen molar-refractivity contribution in [3.8, 4) is 0 Å². The molecule has 1 rings (SSSR count). The van der Waals surface area contributed by atoms with Crippen molar-refractivity contribution >= 4 is 0 Å². The molecule has 0 aliphatic rings.